The molecule has 2 N–H and O–H groups in total. The van der Waals surface area contributed by atoms with E-state index in [1.807, 2.05) is 0 Å². The van der Waals surface area contributed by atoms with E-state index in [4.69, 9.17) is 17.3 Å². The highest BCUT2D eigenvalue weighted by Gasteiger charge is 2.17. The second kappa shape index (κ2) is 6.53. The van der Waals surface area contributed by atoms with Crippen molar-refractivity contribution in [2.75, 3.05) is 0 Å². The summed E-state index contributed by atoms with van der Waals surface area (Å²) < 4.78 is 13.6. The van der Waals surface area contributed by atoms with Gasteiger partial charge in [0.15, 0.2) is 0 Å². The Kier molecular flexibility index (Phi) is 5.02. The van der Waals surface area contributed by atoms with Crippen LogP contribution in [-0.4, -0.2) is 6.04 Å². The van der Waals surface area contributed by atoms with Gasteiger partial charge in [-0.15, -0.1) is 0 Å². The molecule has 0 spiro atoms. The smallest absolute Gasteiger partial charge is 0.127 e. The van der Waals surface area contributed by atoms with Crippen LogP contribution >= 0.6 is 11.6 Å². The van der Waals surface area contributed by atoms with Gasteiger partial charge < -0.3 is 5.73 Å². The molecule has 1 unspecified atom stereocenters. The maximum absolute atomic E-state index is 13.6. The molecule has 1 aliphatic rings. The molecular formula is C15H21ClFN. The highest BCUT2D eigenvalue weighted by molar-refractivity contribution is 6.30. The lowest BCUT2D eigenvalue weighted by Gasteiger charge is -2.24. The van der Waals surface area contributed by atoms with Crippen LogP contribution in [0.3, 0.4) is 0 Å². The molecule has 1 fully saturated rings. The minimum absolute atomic E-state index is 0.0591. The monoisotopic (exact) mass is 269 g/mol. The summed E-state index contributed by atoms with van der Waals surface area (Å²) in [5, 5.41) is 0.442. The summed E-state index contributed by atoms with van der Waals surface area (Å²) in [4.78, 5) is 0. The quantitative estimate of drug-likeness (QED) is 0.866. The summed E-state index contributed by atoms with van der Waals surface area (Å²) >= 11 is 5.74. The van der Waals surface area contributed by atoms with Gasteiger partial charge >= 0.3 is 0 Å². The van der Waals surface area contributed by atoms with Gasteiger partial charge in [0.1, 0.15) is 5.82 Å². The number of rotatable bonds is 4. The molecule has 18 heavy (non-hydrogen) atoms. The fraction of sp³-hybridized carbons (Fsp3) is 0.600. The Morgan fingerprint density at radius 1 is 1.28 bits per heavy atom. The first kappa shape index (κ1) is 13.8. The van der Waals surface area contributed by atoms with Crippen molar-refractivity contribution in [3.05, 3.63) is 34.6 Å². The maximum Gasteiger partial charge on any atom is 0.127 e. The van der Waals surface area contributed by atoms with Gasteiger partial charge in [-0.2, -0.15) is 0 Å². The lowest BCUT2D eigenvalue weighted by molar-refractivity contribution is 0.316. The van der Waals surface area contributed by atoms with E-state index in [-0.39, 0.29) is 11.9 Å². The Morgan fingerprint density at radius 3 is 2.67 bits per heavy atom. The summed E-state index contributed by atoms with van der Waals surface area (Å²) in [7, 11) is 0. The van der Waals surface area contributed by atoms with E-state index in [1.54, 1.807) is 12.1 Å². The molecule has 2 rings (SSSR count). The molecule has 3 heteroatoms. The van der Waals surface area contributed by atoms with E-state index in [9.17, 15) is 4.39 Å². The van der Waals surface area contributed by atoms with E-state index in [2.05, 4.69) is 0 Å². The molecule has 1 atom stereocenters. The predicted octanol–water partition coefficient (Wildman–Crippen LogP) is 4.32. The molecule has 0 heterocycles. The Labute approximate surface area is 114 Å². The van der Waals surface area contributed by atoms with Gasteiger partial charge in [0, 0.05) is 11.1 Å². The third kappa shape index (κ3) is 3.96. The number of halogens is 2. The number of hydrogen-bond acceptors (Lipinski definition) is 1. The Hall–Kier alpha value is -0.600. The van der Waals surface area contributed by atoms with Crippen LogP contribution in [0.2, 0.25) is 5.02 Å². The van der Waals surface area contributed by atoms with E-state index >= 15 is 0 Å². The van der Waals surface area contributed by atoms with Crippen molar-refractivity contribution in [1.82, 2.24) is 0 Å². The van der Waals surface area contributed by atoms with Crippen molar-refractivity contribution < 1.29 is 4.39 Å². The molecule has 0 saturated heterocycles. The second-order valence-electron chi connectivity index (χ2n) is 5.44. The summed E-state index contributed by atoms with van der Waals surface area (Å²) in [5.41, 5.74) is 6.83. The Morgan fingerprint density at radius 2 is 2.00 bits per heavy atom. The Bertz CT molecular complexity index is 388. The summed E-state index contributed by atoms with van der Waals surface area (Å²) in [6.45, 7) is 0. The largest absolute Gasteiger partial charge is 0.327 e. The van der Waals surface area contributed by atoms with Crippen LogP contribution in [0.15, 0.2) is 18.2 Å². The van der Waals surface area contributed by atoms with Crippen LogP contribution in [-0.2, 0) is 6.42 Å². The van der Waals surface area contributed by atoms with E-state index in [0.717, 1.165) is 12.3 Å². The van der Waals surface area contributed by atoms with Crippen molar-refractivity contribution >= 4 is 11.6 Å². The van der Waals surface area contributed by atoms with Crippen molar-refractivity contribution in [3.8, 4) is 0 Å². The fourth-order valence-corrected chi connectivity index (χ4v) is 3.06. The van der Waals surface area contributed by atoms with Crippen molar-refractivity contribution in [1.29, 1.82) is 0 Å². The second-order valence-corrected chi connectivity index (χ2v) is 5.88. The zero-order valence-corrected chi connectivity index (χ0v) is 11.4. The zero-order valence-electron chi connectivity index (χ0n) is 10.7. The van der Waals surface area contributed by atoms with Gasteiger partial charge in [-0.25, -0.2) is 4.39 Å². The molecular weight excluding hydrogens is 249 g/mol. The first-order valence-electron chi connectivity index (χ1n) is 6.84. The third-order valence-corrected chi connectivity index (χ3v) is 4.09. The minimum Gasteiger partial charge on any atom is -0.327 e. The normalized spacial score (nSPS) is 18.8. The summed E-state index contributed by atoms with van der Waals surface area (Å²) in [6.07, 6.45) is 8.21. The molecule has 1 aliphatic carbocycles. The molecule has 0 aliphatic heterocycles. The van der Waals surface area contributed by atoms with E-state index in [0.29, 0.717) is 17.0 Å². The molecule has 1 saturated carbocycles. The number of nitrogens with two attached hydrogens (primary N) is 1. The topological polar surface area (TPSA) is 26.0 Å². The maximum atomic E-state index is 13.6. The molecule has 0 aromatic heterocycles. The van der Waals surface area contributed by atoms with Crippen LogP contribution < -0.4 is 5.73 Å². The standard InChI is InChI=1S/C15H21ClFN/c16-13-7-6-12(15(17)10-13)9-14(18)8-11-4-2-1-3-5-11/h6-7,10-11,14H,1-5,8-9,18H2. The SMILES string of the molecule is NC(Cc1ccc(Cl)cc1F)CC1CCCCC1. The molecule has 100 valence electrons. The predicted molar refractivity (Wildman–Crippen MR) is 74.3 cm³/mol. The fourth-order valence-electron chi connectivity index (χ4n) is 2.90. The lowest BCUT2D eigenvalue weighted by Crippen LogP contribution is -2.27. The zero-order chi connectivity index (χ0) is 13.0. The number of hydrogen-bond donors (Lipinski definition) is 1. The average Bonchev–Trinajstić information content (AvgIpc) is 2.34. The van der Waals surface area contributed by atoms with Crippen molar-refractivity contribution in [2.45, 2.75) is 51.0 Å². The van der Waals surface area contributed by atoms with Gasteiger partial charge in [-0.1, -0.05) is 49.8 Å². The van der Waals surface area contributed by atoms with E-state index in [1.165, 1.54) is 38.2 Å². The summed E-state index contributed by atoms with van der Waals surface area (Å²) in [6, 6.07) is 4.90. The van der Waals surface area contributed by atoms with Gasteiger partial charge in [0.2, 0.25) is 0 Å². The van der Waals surface area contributed by atoms with Crippen LogP contribution in [0, 0.1) is 11.7 Å². The Balaban J connectivity index is 1.87. The van der Waals surface area contributed by atoms with Gasteiger partial charge in [0.05, 0.1) is 0 Å². The number of benzene rings is 1. The van der Waals surface area contributed by atoms with Crippen molar-refractivity contribution in [2.24, 2.45) is 11.7 Å². The highest BCUT2D eigenvalue weighted by Crippen LogP contribution is 2.28. The molecule has 1 nitrogen and oxygen atoms in total. The van der Waals surface area contributed by atoms with Gasteiger partial charge in [-0.05, 0) is 36.5 Å². The van der Waals surface area contributed by atoms with Gasteiger partial charge in [-0.3, -0.25) is 0 Å². The van der Waals surface area contributed by atoms with Crippen LogP contribution in [0.5, 0.6) is 0 Å². The van der Waals surface area contributed by atoms with Crippen LogP contribution in [0.25, 0.3) is 0 Å². The summed E-state index contributed by atoms with van der Waals surface area (Å²) in [5.74, 6) is 0.505. The van der Waals surface area contributed by atoms with E-state index < -0.39 is 0 Å². The molecule has 0 radical (unpaired) electrons. The average molecular weight is 270 g/mol. The first-order valence-corrected chi connectivity index (χ1v) is 7.22. The van der Waals surface area contributed by atoms with Gasteiger partial charge in [0.25, 0.3) is 0 Å². The van der Waals surface area contributed by atoms with Crippen LogP contribution in [0.1, 0.15) is 44.1 Å². The third-order valence-electron chi connectivity index (χ3n) is 3.86. The lowest BCUT2D eigenvalue weighted by atomic mass is 9.84. The van der Waals surface area contributed by atoms with Crippen LogP contribution in [0.4, 0.5) is 4.39 Å². The minimum atomic E-state index is -0.235. The molecule has 0 amide bonds. The molecule has 0 bridgehead atoms. The molecule has 1 aromatic rings. The molecule has 1 aromatic carbocycles. The highest BCUT2D eigenvalue weighted by atomic mass is 35.5. The first-order chi connectivity index (χ1) is 8.65. The van der Waals surface area contributed by atoms with Crippen molar-refractivity contribution in [3.63, 3.8) is 0 Å².